The van der Waals surface area contributed by atoms with Crippen LogP contribution in [-0.2, 0) is 0 Å². The Morgan fingerprint density at radius 3 is 2.42 bits per heavy atom. The molecule has 0 aliphatic rings. The highest BCUT2D eigenvalue weighted by Crippen LogP contribution is 2.17. The van der Waals surface area contributed by atoms with Gasteiger partial charge >= 0.3 is 0 Å². The van der Waals surface area contributed by atoms with Crippen LogP contribution in [0.25, 0.3) is 0 Å². The summed E-state index contributed by atoms with van der Waals surface area (Å²) in [4.78, 5) is 4.35. The minimum atomic E-state index is -0.0758. The maximum absolute atomic E-state index is 5.83. The lowest BCUT2D eigenvalue weighted by atomic mass is 10.1. The summed E-state index contributed by atoms with van der Waals surface area (Å²) in [5.74, 6) is 1.12. The molecule has 2 N–H and O–H groups in total. The van der Waals surface area contributed by atoms with Crippen LogP contribution >= 0.6 is 11.6 Å². The molecule has 0 aliphatic heterocycles. The first-order chi connectivity index (χ1) is 8.92. The van der Waals surface area contributed by atoms with E-state index in [4.69, 9.17) is 11.6 Å². The van der Waals surface area contributed by atoms with E-state index in [0.29, 0.717) is 16.8 Å². The molecule has 0 bridgehead atoms. The Kier molecular flexibility index (Phi) is 3.85. The molecule has 5 nitrogen and oxygen atoms in total. The molecule has 0 radical (unpaired) electrons. The zero-order valence-corrected chi connectivity index (χ0v) is 11.9. The van der Waals surface area contributed by atoms with E-state index in [9.17, 15) is 0 Å². The molecule has 1 heterocycles. The molecular formula is C13H16ClN5. The van der Waals surface area contributed by atoms with Crippen LogP contribution < -0.4 is 10.6 Å². The fraction of sp³-hybridized carbons (Fsp3) is 0.308. The van der Waals surface area contributed by atoms with Crippen molar-refractivity contribution in [3.8, 4) is 0 Å². The molecule has 19 heavy (non-hydrogen) atoms. The molecule has 0 fully saturated rings. The van der Waals surface area contributed by atoms with Gasteiger partial charge in [-0.05, 0) is 45.0 Å². The van der Waals surface area contributed by atoms with Crippen molar-refractivity contribution in [3.05, 3.63) is 35.5 Å². The van der Waals surface area contributed by atoms with Crippen molar-refractivity contribution >= 4 is 29.1 Å². The molecule has 6 heteroatoms. The molecule has 2 rings (SSSR count). The third kappa shape index (κ3) is 4.37. The topological polar surface area (TPSA) is 62.7 Å². The number of halogens is 1. The lowest BCUT2D eigenvalue weighted by molar-refractivity contribution is 0.629. The number of nitrogens with one attached hydrogen (secondary N) is 2. The Labute approximate surface area is 117 Å². The Morgan fingerprint density at radius 1 is 1.11 bits per heavy atom. The molecule has 0 atom stereocenters. The highest BCUT2D eigenvalue weighted by Gasteiger charge is 2.11. The summed E-state index contributed by atoms with van der Waals surface area (Å²) >= 11 is 5.83. The van der Waals surface area contributed by atoms with E-state index in [0.717, 1.165) is 5.69 Å². The zero-order chi connectivity index (χ0) is 13.9. The number of aromatic nitrogens is 3. The average Bonchev–Trinajstić information content (AvgIpc) is 2.30. The first-order valence-electron chi connectivity index (χ1n) is 5.93. The Balaban J connectivity index is 2.13. The van der Waals surface area contributed by atoms with E-state index in [1.807, 2.05) is 12.1 Å². The van der Waals surface area contributed by atoms with Crippen LogP contribution in [-0.4, -0.2) is 20.7 Å². The van der Waals surface area contributed by atoms with Crippen molar-refractivity contribution in [2.45, 2.75) is 26.3 Å². The molecule has 0 amide bonds. The van der Waals surface area contributed by atoms with E-state index in [1.54, 1.807) is 18.3 Å². The second kappa shape index (κ2) is 5.40. The standard InChI is InChI=1S/C13H16ClN5/c1-13(2,3)18-11-8-15-19-12(17-11)16-10-6-4-9(14)5-7-10/h4-8H,1-3H3,(H2,16,17,18,19). The van der Waals surface area contributed by atoms with Gasteiger partial charge in [0.1, 0.15) is 0 Å². The molecule has 2 aromatic rings. The second-order valence-electron chi connectivity index (χ2n) is 5.17. The van der Waals surface area contributed by atoms with Crippen LogP contribution in [0.4, 0.5) is 17.5 Å². The van der Waals surface area contributed by atoms with Crippen LogP contribution in [0.3, 0.4) is 0 Å². The molecule has 1 aromatic carbocycles. The fourth-order valence-electron chi connectivity index (χ4n) is 1.46. The second-order valence-corrected chi connectivity index (χ2v) is 5.61. The van der Waals surface area contributed by atoms with Crippen molar-refractivity contribution in [1.82, 2.24) is 15.2 Å². The highest BCUT2D eigenvalue weighted by molar-refractivity contribution is 6.30. The first-order valence-corrected chi connectivity index (χ1v) is 6.31. The highest BCUT2D eigenvalue weighted by atomic mass is 35.5. The van der Waals surface area contributed by atoms with E-state index < -0.39 is 0 Å². The maximum atomic E-state index is 5.83. The summed E-state index contributed by atoms with van der Waals surface area (Å²) in [6.45, 7) is 6.17. The molecule has 100 valence electrons. The third-order valence-corrected chi connectivity index (χ3v) is 2.41. The van der Waals surface area contributed by atoms with Gasteiger partial charge in [0.25, 0.3) is 0 Å². The molecular weight excluding hydrogens is 262 g/mol. The van der Waals surface area contributed by atoms with Crippen LogP contribution in [0.15, 0.2) is 30.5 Å². The van der Waals surface area contributed by atoms with Crippen molar-refractivity contribution in [2.24, 2.45) is 0 Å². The van der Waals surface area contributed by atoms with Gasteiger partial charge in [0.15, 0.2) is 5.82 Å². The minimum absolute atomic E-state index is 0.0758. The van der Waals surface area contributed by atoms with Gasteiger partial charge in [-0.25, -0.2) is 0 Å². The summed E-state index contributed by atoms with van der Waals surface area (Å²) in [5.41, 5.74) is 0.784. The monoisotopic (exact) mass is 277 g/mol. The molecule has 1 aromatic heterocycles. The van der Waals surface area contributed by atoms with E-state index >= 15 is 0 Å². The van der Waals surface area contributed by atoms with Gasteiger partial charge in [0.05, 0.1) is 6.20 Å². The largest absolute Gasteiger partial charge is 0.364 e. The third-order valence-electron chi connectivity index (χ3n) is 2.16. The summed E-state index contributed by atoms with van der Waals surface area (Å²) in [7, 11) is 0. The molecule has 0 aliphatic carbocycles. The summed E-state index contributed by atoms with van der Waals surface area (Å²) in [6, 6.07) is 7.31. The molecule has 0 spiro atoms. The van der Waals surface area contributed by atoms with E-state index in [1.165, 1.54) is 0 Å². The summed E-state index contributed by atoms with van der Waals surface area (Å²) in [6.07, 6.45) is 1.60. The number of hydrogen-bond acceptors (Lipinski definition) is 5. The van der Waals surface area contributed by atoms with Crippen LogP contribution in [0.1, 0.15) is 20.8 Å². The van der Waals surface area contributed by atoms with Crippen LogP contribution in [0.2, 0.25) is 5.02 Å². The van der Waals surface area contributed by atoms with Crippen molar-refractivity contribution in [2.75, 3.05) is 10.6 Å². The smallest absolute Gasteiger partial charge is 0.249 e. The number of benzene rings is 1. The lowest BCUT2D eigenvalue weighted by Crippen LogP contribution is -2.27. The maximum Gasteiger partial charge on any atom is 0.249 e. The predicted octanol–water partition coefficient (Wildman–Crippen LogP) is 3.48. The Bertz CT molecular complexity index is 548. The normalized spacial score (nSPS) is 11.2. The number of rotatable bonds is 3. The van der Waals surface area contributed by atoms with Crippen molar-refractivity contribution in [1.29, 1.82) is 0 Å². The van der Waals surface area contributed by atoms with Gasteiger partial charge in [-0.2, -0.15) is 10.1 Å². The zero-order valence-electron chi connectivity index (χ0n) is 11.1. The van der Waals surface area contributed by atoms with Crippen molar-refractivity contribution < 1.29 is 0 Å². The first kappa shape index (κ1) is 13.5. The van der Waals surface area contributed by atoms with E-state index in [2.05, 4.69) is 46.6 Å². The molecule has 0 unspecified atom stereocenters. The Hall–Kier alpha value is -1.88. The molecule has 0 saturated heterocycles. The Morgan fingerprint density at radius 2 is 1.79 bits per heavy atom. The average molecular weight is 278 g/mol. The van der Waals surface area contributed by atoms with Crippen LogP contribution in [0, 0.1) is 0 Å². The van der Waals surface area contributed by atoms with Crippen molar-refractivity contribution in [3.63, 3.8) is 0 Å². The lowest BCUT2D eigenvalue weighted by Gasteiger charge is -2.20. The SMILES string of the molecule is CC(C)(C)Nc1cnnc(Nc2ccc(Cl)cc2)n1. The minimum Gasteiger partial charge on any atom is -0.364 e. The van der Waals surface area contributed by atoms with Gasteiger partial charge in [-0.1, -0.05) is 11.6 Å². The van der Waals surface area contributed by atoms with Crippen LogP contribution in [0.5, 0.6) is 0 Å². The fourth-order valence-corrected chi connectivity index (χ4v) is 1.59. The quantitative estimate of drug-likeness (QED) is 0.899. The predicted molar refractivity (Wildman–Crippen MR) is 77.9 cm³/mol. The van der Waals surface area contributed by atoms with Gasteiger partial charge in [-0.3, -0.25) is 0 Å². The number of anilines is 3. The molecule has 0 saturated carbocycles. The van der Waals surface area contributed by atoms with E-state index in [-0.39, 0.29) is 5.54 Å². The summed E-state index contributed by atoms with van der Waals surface area (Å²) < 4.78 is 0. The van der Waals surface area contributed by atoms with Gasteiger partial charge in [0, 0.05) is 16.2 Å². The van der Waals surface area contributed by atoms with Gasteiger partial charge in [-0.15, -0.1) is 5.10 Å². The number of nitrogens with zero attached hydrogens (tertiary/aromatic N) is 3. The number of hydrogen-bond donors (Lipinski definition) is 2. The summed E-state index contributed by atoms with van der Waals surface area (Å²) in [5, 5.41) is 14.9. The van der Waals surface area contributed by atoms with Gasteiger partial charge < -0.3 is 10.6 Å². The van der Waals surface area contributed by atoms with Gasteiger partial charge in [0.2, 0.25) is 5.95 Å².